The predicted octanol–water partition coefficient (Wildman–Crippen LogP) is 1.22. The van der Waals surface area contributed by atoms with E-state index in [0.29, 0.717) is 13.1 Å². The van der Waals surface area contributed by atoms with Crippen molar-refractivity contribution in [3.8, 4) is 11.4 Å². The highest BCUT2D eigenvalue weighted by atomic mass is 16.3. The first kappa shape index (κ1) is 13.7. The van der Waals surface area contributed by atoms with Gasteiger partial charge in [-0.15, -0.1) is 0 Å². The van der Waals surface area contributed by atoms with Gasteiger partial charge in [-0.05, 0) is 32.4 Å². The minimum Gasteiger partial charge on any atom is -0.389 e. The van der Waals surface area contributed by atoms with Crippen molar-refractivity contribution in [2.75, 3.05) is 6.54 Å². The lowest BCUT2D eigenvalue weighted by Gasteiger charge is -2.18. The Morgan fingerprint density at radius 3 is 2.53 bits per heavy atom. The first-order valence-electron chi connectivity index (χ1n) is 6.39. The summed E-state index contributed by atoms with van der Waals surface area (Å²) in [6, 6.07) is 8.11. The van der Waals surface area contributed by atoms with Crippen LogP contribution < -0.4 is 5.73 Å². The number of aliphatic hydroxyl groups is 1. The zero-order valence-corrected chi connectivity index (χ0v) is 11.4. The van der Waals surface area contributed by atoms with E-state index in [2.05, 4.69) is 10.1 Å². The van der Waals surface area contributed by atoms with Crippen LogP contribution in [0, 0.1) is 0 Å². The van der Waals surface area contributed by atoms with E-state index in [-0.39, 0.29) is 0 Å². The van der Waals surface area contributed by atoms with Gasteiger partial charge in [0.1, 0.15) is 6.33 Å². The van der Waals surface area contributed by atoms with Gasteiger partial charge in [-0.3, -0.25) is 0 Å². The fourth-order valence-corrected chi connectivity index (χ4v) is 1.96. The Morgan fingerprint density at radius 1 is 1.26 bits per heavy atom. The van der Waals surface area contributed by atoms with Crippen LogP contribution in [0.4, 0.5) is 0 Å². The minimum atomic E-state index is -0.818. The van der Waals surface area contributed by atoms with E-state index in [4.69, 9.17) is 5.73 Å². The highest BCUT2D eigenvalue weighted by Crippen LogP contribution is 2.19. The number of nitrogens with two attached hydrogens (primary N) is 1. The molecule has 5 nitrogen and oxygen atoms in total. The number of rotatable bonds is 5. The minimum absolute atomic E-state index is 0.410. The molecule has 0 amide bonds. The number of nitrogens with zero attached hydrogens (tertiary/aromatic N) is 3. The van der Waals surface area contributed by atoms with Crippen molar-refractivity contribution in [2.45, 2.75) is 32.4 Å². The third-order valence-corrected chi connectivity index (χ3v) is 2.80. The second-order valence-electron chi connectivity index (χ2n) is 5.29. The fourth-order valence-electron chi connectivity index (χ4n) is 1.96. The molecule has 0 saturated heterocycles. The zero-order valence-electron chi connectivity index (χ0n) is 11.4. The maximum absolute atomic E-state index is 9.87. The molecular formula is C14H20N4O. The zero-order chi connectivity index (χ0) is 13.9. The first-order chi connectivity index (χ1) is 8.99. The normalized spacial score (nSPS) is 11.8. The van der Waals surface area contributed by atoms with Gasteiger partial charge in [0.05, 0.1) is 12.1 Å². The van der Waals surface area contributed by atoms with Crippen molar-refractivity contribution in [3.05, 3.63) is 36.2 Å². The SMILES string of the molecule is CC(C)(O)Cn1ncnc1-c1ccc(CCN)cc1. The Labute approximate surface area is 113 Å². The molecule has 1 aromatic heterocycles. The molecule has 0 atom stereocenters. The van der Waals surface area contributed by atoms with Gasteiger partial charge in [0.15, 0.2) is 5.82 Å². The number of benzene rings is 1. The summed E-state index contributed by atoms with van der Waals surface area (Å²) in [4.78, 5) is 4.26. The molecule has 3 N–H and O–H groups in total. The average molecular weight is 260 g/mol. The molecule has 102 valence electrons. The van der Waals surface area contributed by atoms with Crippen LogP contribution in [0.15, 0.2) is 30.6 Å². The lowest BCUT2D eigenvalue weighted by Crippen LogP contribution is -2.27. The number of hydrogen-bond donors (Lipinski definition) is 2. The summed E-state index contributed by atoms with van der Waals surface area (Å²) in [5.74, 6) is 0.765. The highest BCUT2D eigenvalue weighted by molar-refractivity contribution is 5.55. The van der Waals surface area contributed by atoms with Crippen LogP contribution in [0.3, 0.4) is 0 Å². The molecule has 0 unspecified atom stereocenters. The van der Waals surface area contributed by atoms with Crippen LogP contribution in [-0.4, -0.2) is 32.0 Å². The Morgan fingerprint density at radius 2 is 1.95 bits per heavy atom. The van der Waals surface area contributed by atoms with Crippen molar-refractivity contribution >= 4 is 0 Å². The second kappa shape index (κ2) is 5.50. The van der Waals surface area contributed by atoms with Crippen LogP contribution in [0.1, 0.15) is 19.4 Å². The maximum atomic E-state index is 9.87. The molecule has 0 spiro atoms. The summed E-state index contributed by atoms with van der Waals surface area (Å²) >= 11 is 0. The van der Waals surface area contributed by atoms with Gasteiger partial charge < -0.3 is 10.8 Å². The average Bonchev–Trinajstić information content (AvgIpc) is 2.76. The summed E-state index contributed by atoms with van der Waals surface area (Å²) in [5, 5.41) is 14.0. The molecule has 2 aromatic rings. The van der Waals surface area contributed by atoms with E-state index < -0.39 is 5.60 Å². The quantitative estimate of drug-likeness (QED) is 0.847. The number of aromatic nitrogens is 3. The Kier molecular flexibility index (Phi) is 3.97. The smallest absolute Gasteiger partial charge is 0.158 e. The molecular weight excluding hydrogens is 240 g/mol. The van der Waals surface area contributed by atoms with E-state index in [0.717, 1.165) is 17.8 Å². The van der Waals surface area contributed by atoms with Gasteiger partial charge in [-0.25, -0.2) is 9.67 Å². The van der Waals surface area contributed by atoms with Crippen LogP contribution in [-0.2, 0) is 13.0 Å². The van der Waals surface area contributed by atoms with E-state index in [1.165, 1.54) is 11.9 Å². The van der Waals surface area contributed by atoms with E-state index in [9.17, 15) is 5.11 Å². The topological polar surface area (TPSA) is 77.0 Å². The van der Waals surface area contributed by atoms with E-state index in [1.807, 2.05) is 24.3 Å². The molecule has 0 aliphatic carbocycles. The van der Waals surface area contributed by atoms with Gasteiger partial charge in [0.2, 0.25) is 0 Å². The van der Waals surface area contributed by atoms with Crippen LogP contribution >= 0.6 is 0 Å². The van der Waals surface area contributed by atoms with E-state index >= 15 is 0 Å². The maximum Gasteiger partial charge on any atom is 0.158 e. The molecule has 1 heterocycles. The van der Waals surface area contributed by atoms with Crippen LogP contribution in [0.5, 0.6) is 0 Å². The molecule has 1 aromatic carbocycles. The van der Waals surface area contributed by atoms with Crippen LogP contribution in [0.25, 0.3) is 11.4 Å². The van der Waals surface area contributed by atoms with Crippen molar-refractivity contribution < 1.29 is 5.11 Å². The third-order valence-electron chi connectivity index (χ3n) is 2.80. The highest BCUT2D eigenvalue weighted by Gasteiger charge is 2.17. The molecule has 0 fully saturated rings. The Hall–Kier alpha value is -1.72. The van der Waals surface area contributed by atoms with Gasteiger partial charge in [-0.2, -0.15) is 5.10 Å². The third kappa shape index (κ3) is 3.62. The van der Waals surface area contributed by atoms with Gasteiger partial charge in [-0.1, -0.05) is 24.3 Å². The molecule has 2 rings (SSSR count). The molecule has 5 heteroatoms. The molecule has 0 bridgehead atoms. The lowest BCUT2D eigenvalue weighted by atomic mass is 10.1. The Bertz CT molecular complexity index is 525. The fraction of sp³-hybridized carbons (Fsp3) is 0.429. The van der Waals surface area contributed by atoms with Crippen molar-refractivity contribution in [1.29, 1.82) is 0 Å². The van der Waals surface area contributed by atoms with Crippen LogP contribution in [0.2, 0.25) is 0 Å². The summed E-state index contributed by atoms with van der Waals surface area (Å²) in [7, 11) is 0. The first-order valence-corrected chi connectivity index (χ1v) is 6.39. The van der Waals surface area contributed by atoms with Gasteiger partial charge >= 0.3 is 0 Å². The standard InChI is InChI=1S/C14H20N4O/c1-14(2,19)9-18-13(16-10-17-18)12-5-3-11(4-6-12)7-8-15/h3-6,10,19H,7-9,15H2,1-2H3. The van der Waals surface area contributed by atoms with Crippen molar-refractivity contribution in [2.24, 2.45) is 5.73 Å². The monoisotopic (exact) mass is 260 g/mol. The second-order valence-corrected chi connectivity index (χ2v) is 5.29. The molecule has 0 aliphatic rings. The van der Waals surface area contributed by atoms with Gasteiger partial charge in [0, 0.05) is 5.56 Å². The molecule has 0 radical (unpaired) electrons. The summed E-state index contributed by atoms with van der Waals surface area (Å²) in [6.07, 6.45) is 2.38. The summed E-state index contributed by atoms with van der Waals surface area (Å²) < 4.78 is 1.72. The summed E-state index contributed by atoms with van der Waals surface area (Å²) in [5.41, 5.74) is 6.91. The van der Waals surface area contributed by atoms with Crippen molar-refractivity contribution in [1.82, 2.24) is 14.8 Å². The summed E-state index contributed by atoms with van der Waals surface area (Å²) in [6.45, 7) is 4.56. The Balaban J connectivity index is 2.24. The lowest BCUT2D eigenvalue weighted by molar-refractivity contribution is 0.0582. The molecule has 19 heavy (non-hydrogen) atoms. The number of hydrogen-bond acceptors (Lipinski definition) is 4. The largest absolute Gasteiger partial charge is 0.389 e. The molecule has 0 saturated carbocycles. The van der Waals surface area contributed by atoms with Gasteiger partial charge in [0.25, 0.3) is 0 Å². The van der Waals surface area contributed by atoms with E-state index in [1.54, 1.807) is 18.5 Å². The predicted molar refractivity (Wildman–Crippen MR) is 74.5 cm³/mol. The van der Waals surface area contributed by atoms with Crippen molar-refractivity contribution in [3.63, 3.8) is 0 Å². The molecule has 0 aliphatic heterocycles.